The van der Waals surface area contributed by atoms with Gasteiger partial charge in [-0.1, -0.05) is 19.1 Å². The van der Waals surface area contributed by atoms with Crippen molar-refractivity contribution in [2.24, 2.45) is 7.05 Å². The first kappa shape index (κ1) is 14.6. The van der Waals surface area contributed by atoms with Gasteiger partial charge in [0, 0.05) is 33.3 Å². The van der Waals surface area contributed by atoms with E-state index in [1.807, 2.05) is 54.9 Å². The minimum atomic E-state index is -0.630. The van der Waals surface area contributed by atoms with Gasteiger partial charge >= 0.3 is 0 Å². The van der Waals surface area contributed by atoms with Crippen molar-refractivity contribution in [1.82, 2.24) is 9.55 Å². The number of aliphatic hydroxyl groups is 1. The molecule has 0 bridgehead atoms. The van der Waals surface area contributed by atoms with Crippen LogP contribution in [0, 0.1) is 0 Å². The molecule has 0 spiro atoms. The summed E-state index contributed by atoms with van der Waals surface area (Å²) in [5.74, 6) is 1.02. The Morgan fingerprint density at radius 1 is 1.25 bits per heavy atom. The summed E-state index contributed by atoms with van der Waals surface area (Å²) >= 11 is 0. The zero-order chi connectivity index (χ0) is 14.7. The second-order valence-electron chi connectivity index (χ2n) is 5.30. The quantitative estimate of drug-likeness (QED) is 0.910. The highest BCUT2D eigenvalue weighted by Gasteiger charge is 2.16. The van der Waals surface area contributed by atoms with E-state index in [4.69, 9.17) is 0 Å². The highest BCUT2D eigenvalue weighted by Crippen LogP contribution is 2.24. The van der Waals surface area contributed by atoms with Crippen LogP contribution in [-0.4, -0.2) is 28.8 Å². The van der Waals surface area contributed by atoms with Gasteiger partial charge in [0.25, 0.3) is 0 Å². The smallest absolute Gasteiger partial charge is 0.121 e. The second-order valence-corrected chi connectivity index (χ2v) is 5.30. The summed E-state index contributed by atoms with van der Waals surface area (Å²) in [4.78, 5) is 6.43. The predicted octanol–water partition coefficient (Wildman–Crippen LogP) is 2.52. The number of anilines is 1. The average Bonchev–Trinajstić information content (AvgIpc) is 2.80. The molecule has 108 valence electrons. The summed E-state index contributed by atoms with van der Waals surface area (Å²) in [7, 11) is 5.97. The fraction of sp³-hybridized carbons (Fsp3) is 0.438. The molecular weight excluding hydrogens is 250 g/mol. The van der Waals surface area contributed by atoms with Crippen LogP contribution < -0.4 is 4.90 Å². The molecule has 4 heteroatoms. The first-order chi connectivity index (χ1) is 9.54. The molecule has 0 radical (unpaired) electrons. The number of hydrogen-bond acceptors (Lipinski definition) is 3. The molecule has 1 aromatic carbocycles. The van der Waals surface area contributed by atoms with E-state index in [9.17, 15) is 5.11 Å². The van der Waals surface area contributed by atoms with Crippen molar-refractivity contribution in [2.45, 2.75) is 25.9 Å². The summed E-state index contributed by atoms with van der Waals surface area (Å²) in [5.41, 5.74) is 2.85. The minimum absolute atomic E-state index is 0.630. The Bertz CT molecular complexity index is 558. The van der Waals surface area contributed by atoms with Gasteiger partial charge in [-0.2, -0.15) is 0 Å². The van der Waals surface area contributed by atoms with E-state index >= 15 is 0 Å². The lowest BCUT2D eigenvalue weighted by Gasteiger charge is -2.16. The molecule has 0 amide bonds. The molecule has 2 aromatic rings. The van der Waals surface area contributed by atoms with Gasteiger partial charge in [-0.3, -0.25) is 0 Å². The molecule has 1 aromatic heterocycles. The van der Waals surface area contributed by atoms with Crippen LogP contribution in [0.1, 0.15) is 36.5 Å². The fourth-order valence-electron chi connectivity index (χ4n) is 2.30. The maximum Gasteiger partial charge on any atom is 0.121 e. The number of benzene rings is 1. The molecule has 2 rings (SSSR count). The van der Waals surface area contributed by atoms with Gasteiger partial charge in [0.05, 0.1) is 11.9 Å². The van der Waals surface area contributed by atoms with Gasteiger partial charge in [-0.15, -0.1) is 0 Å². The third kappa shape index (κ3) is 2.85. The standard InChI is InChI=1S/C16H23N3O/c1-5-6-15-17-11-14(19(15)4)16(20)12-7-9-13(10-8-12)18(2)3/h7-11,16,20H,5-6H2,1-4H3/t16-/m1/s1. The fourth-order valence-corrected chi connectivity index (χ4v) is 2.30. The predicted molar refractivity (Wildman–Crippen MR) is 82.0 cm³/mol. The molecule has 0 aliphatic carbocycles. The van der Waals surface area contributed by atoms with E-state index in [2.05, 4.69) is 11.9 Å². The molecule has 0 aliphatic rings. The maximum atomic E-state index is 10.5. The highest BCUT2D eigenvalue weighted by atomic mass is 16.3. The third-order valence-corrected chi connectivity index (χ3v) is 3.60. The number of hydrogen-bond donors (Lipinski definition) is 1. The Morgan fingerprint density at radius 2 is 1.90 bits per heavy atom. The van der Waals surface area contributed by atoms with Gasteiger partial charge in [-0.05, 0) is 24.1 Å². The molecule has 0 saturated carbocycles. The number of nitrogens with zero attached hydrogens (tertiary/aromatic N) is 3. The summed E-state index contributed by atoms with van der Waals surface area (Å²) in [6.07, 6.45) is 3.13. The number of imidazole rings is 1. The van der Waals surface area contributed by atoms with Crippen molar-refractivity contribution in [3.63, 3.8) is 0 Å². The first-order valence-corrected chi connectivity index (χ1v) is 7.00. The number of rotatable bonds is 5. The lowest BCUT2D eigenvalue weighted by atomic mass is 10.1. The molecular formula is C16H23N3O. The Morgan fingerprint density at radius 3 is 2.45 bits per heavy atom. The molecule has 1 atom stereocenters. The molecule has 0 aliphatic heterocycles. The van der Waals surface area contributed by atoms with Crippen LogP contribution >= 0.6 is 0 Å². The monoisotopic (exact) mass is 273 g/mol. The third-order valence-electron chi connectivity index (χ3n) is 3.60. The van der Waals surface area contributed by atoms with Crippen molar-refractivity contribution in [3.8, 4) is 0 Å². The maximum absolute atomic E-state index is 10.5. The van der Waals surface area contributed by atoms with Crippen molar-refractivity contribution in [3.05, 3.63) is 47.5 Å². The van der Waals surface area contributed by atoms with Crippen molar-refractivity contribution >= 4 is 5.69 Å². The average molecular weight is 273 g/mol. The molecule has 1 heterocycles. The van der Waals surface area contributed by atoms with E-state index in [1.165, 1.54) is 0 Å². The van der Waals surface area contributed by atoms with Crippen LogP contribution in [-0.2, 0) is 13.5 Å². The van der Waals surface area contributed by atoms with Gasteiger partial charge in [0.1, 0.15) is 11.9 Å². The van der Waals surface area contributed by atoms with E-state index in [-0.39, 0.29) is 0 Å². The van der Waals surface area contributed by atoms with Gasteiger partial charge < -0.3 is 14.6 Å². The van der Waals surface area contributed by atoms with Crippen molar-refractivity contribution in [2.75, 3.05) is 19.0 Å². The van der Waals surface area contributed by atoms with Crippen LogP contribution in [0.25, 0.3) is 0 Å². The van der Waals surface area contributed by atoms with Crippen LogP contribution in [0.15, 0.2) is 30.5 Å². The summed E-state index contributed by atoms with van der Waals surface area (Å²) in [5, 5.41) is 10.5. The molecule has 20 heavy (non-hydrogen) atoms. The molecule has 4 nitrogen and oxygen atoms in total. The van der Waals surface area contributed by atoms with E-state index in [0.29, 0.717) is 0 Å². The van der Waals surface area contributed by atoms with Crippen LogP contribution in [0.5, 0.6) is 0 Å². The second kappa shape index (κ2) is 6.09. The molecule has 0 saturated heterocycles. The number of aryl methyl sites for hydroxylation is 1. The van der Waals surface area contributed by atoms with Gasteiger partial charge in [0.15, 0.2) is 0 Å². The molecule has 0 unspecified atom stereocenters. The Hall–Kier alpha value is -1.81. The normalized spacial score (nSPS) is 12.4. The van der Waals surface area contributed by atoms with Crippen LogP contribution in [0.2, 0.25) is 0 Å². The first-order valence-electron chi connectivity index (χ1n) is 7.00. The summed E-state index contributed by atoms with van der Waals surface area (Å²) in [6.45, 7) is 2.13. The number of aliphatic hydroxyl groups excluding tert-OH is 1. The Labute approximate surface area is 120 Å². The summed E-state index contributed by atoms with van der Waals surface area (Å²) < 4.78 is 1.99. The molecule has 0 fully saturated rings. The SMILES string of the molecule is CCCc1ncc([C@H](O)c2ccc(N(C)C)cc2)n1C. The summed E-state index contributed by atoms with van der Waals surface area (Å²) in [6, 6.07) is 7.96. The van der Waals surface area contributed by atoms with E-state index in [1.54, 1.807) is 6.20 Å². The van der Waals surface area contributed by atoms with E-state index < -0.39 is 6.10 Å². The lowest BCUT2D eigenvalue weighted by molar-refractivity contribution is 0.211. The minimum Gasteiger partial charge on any atom is -0.382 e. The Balaban J connectivity index is 2.24. The van der Waals surface area contributed by atoms with E-state index in [0.717, 1.165) is 35.6 Å². The van der Waals surface area contributed by atoms with Crippen LogP contribution in [0.4, 0.5) is 5.69 Å². The number of aromatic nitrogens is 2. The largest absolute Gasteiger partial charge is 0.382 e. The molecule has 1 N–H and O–H groups in total. The van der Waals surface area contributed by atoms with Crippen molar-refractivity contribution < 1.29 is 5.11 Å². The Kier molecular flexibility index (Phi) is 4.45. The van der Waals surface area contributed by atoms with Crippen molar-refractivity contribution in [1.29, 1.82) is 0 Å². The topological polar surface area (TPSA) is 41.3 Å². The highest BCUT2D eigenvalue weighted by molar-refractivity contribution is 5.47. The zero-order valence-corrected chi connectivity index (χ0v) is 12.7. The zero-order valence-electron chi connectivity index (χ0n) is 12.7. The lowest BCUT2D eigenvalue weighted by Crippen LogP contribution is -2.10. The van der Waals surface area contributed by atoms with Gasteiger partial charge in [-0.25, -0.2) is 4.98 Å². The van der Waals surface area contributed by atoms with Crippen LogP contribution in [0.3, 0.4) is 0 Å². The van der Waals surface area contributed by atoms with Gasteiger partial charge in [0.2, 0.25) is 0 Å².